The number of methoxy groups -OCH3 is 1. The Morgan fingerprint density at radius 3 is 2.44 bits per heavy atom. The Morgan fingerprint density at radius 1 is 1.12 bits per heavy atom. The highest BCUT2D eigenvalue weighted by molar-refractivity contribution is 5.35. The second kappa shape index (κ2) is 6.43. The summed E-state index contributed by atoms with van der Waals surface area (Å²) in [6.45, 7) is 0.930. The quantitative estimate of drug-likeness (QED) is 0.917. The van der Waals surface area contributed by atoms with Gasteiger partial charge in [0.2, 0.25) is 0 Å². The van der Waals surface area contributed by atoms with E-state index < -0.39 is 5.60 Å². The number of hydrogen-bond donors (Lipinski definition) is 1. The SMILES string of the molecule is COc1cc(C2(O)CC3CCC(C2)N3Cc2ccccc2)ccc1F. The van der Waals surface area contributed by atoms with Crippen molar-refractivity contribution >= 4 is 0 Å². The molecular weight excluding hydrogens is 317 g/mol. The predicted octanol–water partition coefficient (Wildman–Crippen LogP) is 3.85. The molecule has 1 N–H and O–H groups in total. The summed E-state index contributed by atoms with van der Waals surface area (Å²) >= 11 is 0. The Balaban J connectivity index is 1.56. The summed E-state index contributed by atoms with van der Waals surface area (Å²) in [6, 6.07) is 16.0. The molecule has 2 saturated heterocycles. The van der Waals surface area contributed by atoms with Crippen molar-refractivity contribution in [2.24, 2.45) is 0 Å². The van der Waals surface area contributed by atoms with Crippen molar-refractivity contribution < 1.29 is 14.2 Å². The lowest BCUT2D eigenvalue weighted by atomic mass is 9.80. The van der Waals surface area contributed by atoms with Crippen molar-refractivity contribution in [3.63, 3.8) is 0 Å². The first-order valence-corrected chi connectivity index (χ1v) is 8.95. The van der Waals surface area contributed by atoms with E-state index >= 15 is 0 Å². The first-order chi connectivity index (χ1) is 12.1. The molecule has 4 heteroatoms. The van der Waals surface area contributed by atoms with Crippen LogP contribution in [0.3, 0.4) is 0 Å². The molecule has 0 aromatic heterocycles. The van der Waals surface area contributed by atoms with Gasteiger partial charge >= 0.3 is 0 Å². The van der Waals surface area contributed by atoms with Crippen molar-refractivity contribution in [1.82, 2.24) is 4.90 Å². The number of halogens is 1. The van der Waals surface area contributed by atoms with Crippen LogP contribution in [0.5, 0.6) is 5.75 Å². The van der Waals surface area contributed by atoms with E-state index in [2.05, 4.69) is 29.2 Å². The molecule has 2 aromatic rings. The Bertz CT molecular complexity index is 735. The summed E-state index contributed by atoms with van der Waals surface area (Å²) < 4.78 is 18.8. The fraction of sp³-hybridized carbons (Fsp3) is 0.429. The first kappa shape index (κ1) is 16.6. The number of aliphatic hydroxyl groups is 1. The van der Waals surface area contributed by atoms with Crippen LogP contribution in [0.2, 0.25) is 0 Å². The second-order valence-corrected chi connectivity index (χ2v) is 7.33. The van der Waals surface area contributed by atoms with Crippen LogP contribution in [0.1, 0.15) is 36.8 Å². The average Bonchev–Trinajstić information content (AvgIpc) is 2.87. The van der Waals surface area contributed by atoms with E-state index in [0.29, 0.717) is 24.9 Å². The minimum atomic E-state index is -0.903. The zero-order valence-electron chi connectivity index (χ0n) is 14.5. The van der Waals surface area contributed by atoms with E-state index in [9.17, 15) is 9.50 Å². The van der Waals surface area contributed by atoms with Crippen molar-refractivity contribution in [3.05, 3.63) is 65.5 Å². The largest absolute Gasteiger partial charge is 0.494 e. The molecule has 2 aliphatic heterocycles. The molecule has 3 nitrogen and oxygen atoms in total. The Morgan fingerprint density at radius 2 is 1.80 bits per heavy atom. The summed E-state index contributed by atoms with van der Waals surface area (Å²) in [5.74, 6) is -0.190. The van der Waals surface area contributed by atoms with Gasteiger partial charge in [0, 0.05) is 18.6 Å². The molecule has 2 atom stereocenters. The minimum Gasteiger partial charge on any atom is -0.494 e. The molecule has 0 radical (unpaired) electrons. The number of piperidine rings is 1. The number of rotatable bonds is 4. The summed E-state index contributed by atoms with van der Waals surface area (Å²) in [4.78, 5) is 2.53. The van der Waals surface area contributed by atoms with Crippen LogP contribution in [-0.2, 0) is 12.1 Å². The van der Waals surface area contributed by atoms with Gasteiger partial charge in [0.25, 0.3) is 0 Å². The Kier molecular flexibility index (Phi) is 4.26. The highest BCUT2D eigenvalue weighted by Crippen LogP contribution is 2.46. The maximum atomic E-state index is 13.7. The van der Waals surface area contributed by atoms with E-state index in [-0.39, 0.29) is 11.6 Å². The Hall–Kier alpha value is -1.91. The molecule has 2 heterocycles. The van der Waals surface area contributed by atoms with Crippen LogP contribution in [0.15, 0.2) is 48.5 Å². The summed E-state index contributed by atoms with van der Waals surface area (Å²) in [5.41, 5.74) is 1.18. The third-order valence-corrected chi connectivity index (χ3v) is 5.81. The van der Waals surface area contributed by atoms with Crippen LogP contribution in [0.25, 0.3) is 0 Å². The number of nitrogens with zero attached hydrogens (tertiary/aromatic N) is 1. The molecule has 0 saturated carbocycles. The van der Waals surface area contributed by atoms with Gasteiger partial charge in [-0.1, -0.05) is 36.4 Å². The monoisotopic (exact) mass is 341 g/mol. The van der Waals surface area contributed by atoms with Crippen molar-refractivity contribution in [2.45, 2.75) is 49.9 Å². The summed E-state index contributed by atoms with van der Waals surface area (Å²) in [6.07, 6.45) is 3.59. The number of ether oxygens (including phenoxy) is 1. The zero-order chi connectivity index (χ0) is 17.4. The smallest absolute Gasteiger partial charge is 0.165 e. The number of hydrogen-bond acceptors (Lipinski definition) is 3. The fourth-order valence-electron chi connectivity index (χ4n) is 4.55. The van der Waals surface area contributed by atoms with Gasteiger partial charge in [-0.15, -0.1) is 0 Å². The molecule has 4 rings (SSSR count). The zero-order valence-corrected chi connectivity index (χ0v) is 14.5. The topological polar surface area (TPSA) is 32.7 Å². The van der Waals surface area contributed by atoms with Gasteiger partial charge in [-0.05, 0) is 48.9 Å². The predicted molar refractivity (Wildman–Crippen MR) is 94.9 cm³/mol. The van der Waals surface area contributed by atoms with Gasteiger partial charge in [0.15, 0.2) is 11.6 Å². The van der Waals surface area contributed by atoms with Crippen LogP contribution in [0, 0.1) is 5.82 Å². The van der Waals surface area contributed by atoms with Crippen LogP contribution >= 0.6 is 0 Å². The van der Waals surface area contributed by atoms with Gasteiger partial charge in [-0.2, -0.15) is 0 Å². The third kappa shape index (κ3) is 3.05. The van der Waals surface area contributed by atoms with Crippen LogP contribution in [0.4, 0.5) is 4.39 Å². The molecule has 2 aromatic carbocycles. The molecular formula is C21H24FNO2. The molecule has 2 bridgehead atoms. The maximum absolute atomic E-state index is 13.7. The number of fused-ring (bicyclic) bond motifs is 2. The molecule has 0 amide bonds. The molecule has 2 fully saturated rings. The molecule has 2 aliphatic rings. The standard InChI is InChI=1S/C21H24FNO2/c1-25-20-11-16(7-10-19(20)22)21(24)12-17-8-9-18(13-21)23(17)14-15-5-3-2-4-6-15/h2-7,10-11,17-18,24H,8-9,12-14H2,1H3. The molecule has 25 heavy (non-hydrogen) atoms. The summed E-state index contributed by atoms with van der Waals surface area (Å²) in [5, 5.41) is 11.3. The maximum Gasteiger partial charge on any atom is 0.165 e. The van der Waals surface area contributed by atoms with Gasteiger partial charge < -0.3 is 9.84 Å². The molecule has 0 spiro atoms. The average molecular weight is 341 g/mol. The van der Waals surface area contributed by atoms with E-state index in [1.807, 2.05) is 6.07 Å². The van der Waals surface area contributed by atoms with Crippen molar-refractivity contribution in [1.29, 1.82) is 0 Å². The second-order valence-electron chi connectivity index (χ2n) is 7.33. The van der Waals surface area contributed by atoms with E-state index in [1.54, 1.807) is 12.1 Å². The number of benzene rings is 2. The van der Waals surface area contributed by atoms with Gasteiger partial charge in [0.05, 0.1) is 12.7 Å². The van der Waals surface area contributed by atoms with Crippen molar-refractivity contribution in [2.75, 3.05) is 7.11 Å². The molecule has 132 valence electrons. The first-order valence-electron chi connectivity index (χ1n) is 8.95. The molecule has 0 aliphatic carbocycles. The minimum absolute atomic E-state index is 0.199. The lowest BCUT2D eigenvalue weighted by Gasteiger charge is -2.44. The highest BCUT2D eigenvalue weighted by atomic mass is 19.1. The normalized spacial score (nSPS) is 28.9. The summed E-state index contributed by atoms with van der Waals surface area (Å²) in [7, 11) is 1.46. The van der Waals surface area contributed by atoms with E-state index in [4.69, 9.17) is 4.74 Å². The van der Waals surface area contributed by atoms with Gasteiger partial charge in [-0.3, -0.25) is 4.90 Å². The van der Waals surface area contributed by atoms with Gasteiger partial charge in [-0.25, -0.2) is 4.39 Å². The lowest BCUT2D eigenvalue weighted by molar-refractivity contribution is -0.0596. The van der Waals surface area contributed by atoms with Crippen LogP contribution < -0.4 is 4.74 Å². The molecule has 2 unspecified atom stereocenters. The Labute approximate surface area is 148 Å². The lowest BCUT2D eigenvalue weighted by Crippen LogP contribution is -2.49. The third-order valence-electron chi connectivity index (χ3n) is 5.81. The van der Waals surface area contributed by atoms with Gasteiger partial charge in [0.1, 0.15) is 0 Å². The van der Waals surface area contributed by atoms with Crippen LogP contribution in [-0.4, -0.2) is 29.2 Å². The van der Waals surface area contributed by atoms with Crippen molar-refractivity contribution in [3.8, 4) is 5.75 Å². The highest BCUT2D eigenvalue weighted by Gasteiger charge is 2.48. The van der Waals surface area contributed by atoms with E-state index in [0.717, 1.165) is 24.9 Å². The van der Waals surface area contributed by atoms with E-state index in [1.165, 1.54) is 18.7 Å². The fourth-order valence-corrected chi connectivity index (χ4v) is 4.55.